The predicted molar refractivity (Wildman–Crippen MR) is 60.1 cm³/mol. The first kappa shape index (κ1) is 11.3. The molecule has 1 aliphatic heterocycles. The standard InChI is InChI=1S/C12H18N2O2/c1-3-14-6-5-13-12(14)8-11(15)10-4-7-16-9(10)2/h5-6,9-10H,3-4,7-8H2,1-2H3. The number of carbonyl (C=O) groups excluding carboxylic acids is 1. The number of nitrogens with zero attached hydrogens (tertiary/aromatic N) is 2. The van der Waals surface area contributed by atoms with E-state index in [4.69, 9.17) is 4.74 Å². The van der Waals surface area contributed by atoms with Crippen LogP contribution in [0.5, 0.6) is 0 Å². The molecule has 2 atom stereocenters. The molecule has 0 bridgehead atoms. The first-order chi connectivity index (χ1) is 7.72. The number of hydrogen-bond acceptors (Lipinski definition) is 3. The highest BCUT2D eigenvalue weighted by atomic mass is 16.5. The van der Waals surface area contributed by atoms with E-state index in [2.05, 4.69) is 11.9 Å². The van der Waals surface area contributed by atoms with E-state index in [1.165, 1.54) is 0 Å². The maximum absolute atomic E-state index is 12.1. The van der Waals surface area contributed by atoms with Gasteiger partial charge in [0.1, 0.15) is 11.6 Å². The largest absolute Gasteiger partial charge is 0.378 e. The van der Waals surface area contributed by atoms with Crippen LogP contribution in [0, 0.1) is 5.92 Å². The first-order valence-corrected chi connectivity index (χ1v) is 5.86. The molecule has 0 aromatic carbocycles. The summed E-state index contributed by atoms with van der Waals surface area (Å²) in [6.45, 7) is 5.60. The third-order valence-electron chi connectivity index (χ3n) is 3.26. The van der Waals surface area contributed by atoms with E-state index in [1.54, 1.807) is 6.20 Å². The Morgan fingerprint density at radius 2 is 2.50 bits per heavy atom. The van der Waals surface area contributed by atoms with Crippen molar-refractivity contribution in [2.24, 2.45) is 5.92 Å². The van der Waals surface area contributed by atoms with Crippen molar-refractivity contribution in [3.63, 3.8) is 0 Å². The molecule has 4 nitrogen and oxygen atoms in total. The molecule has 1 fully saturated rings. The Balaban J connectivity index is 2.02. The highest BCUT2D eigenvalue weighted by Crippen LogP contribution is 2.22. The van der Waals surface area contributed by atoms with Gasteiger partial charge in [0.15, 0.2) is 0 Å². The summed E-state index contributed by atoms with van der Waals surface area (Å²) >= 11 is 0. The van der Waals surface area contributed by atoms with E-state index in [-0.39, 0.29) is 17.8 Å². The minimum atomic E-state index is 0.0574. The Morgan fingerprint density at radius 1 is 1.69 bits per heavy atom. The van der Waals surface area contributed by atoms with Gasteiger partial charge in [0.2, 0.25) is 0 Å². The number of aryl methyl sites for hydroxylation is 1. The van der Waals surface area contributed by atoms with Crippen molar-refractivity contribution < 1.29 is 9.53 Å². The van der Waals surface area contributed by atoms with Gasteiger partial charge in [-0.1, -0.05) is 0 Å². The van der Waals surface area contributed by atoms with Crippen molar-refractivity contribution in [2.75, 3.05) is 6.61 Å². The van der Waals surface area contributed by atoms with Crippen LogP contribution in [0.25, 0.3) is 0 Å². The third kappa shape index (κ3) is 2.16. The smallest absolute Gasteiger partial charge is 0.146 e. The van der Waals surface area contributed by atoms with Crippen LogP contribution in [0.3, 0.4) is 0 Å². The Labute approximate surface area is 95.6 Å². The molecule has 88 valence electrons. The van der Waals surface area contributed by atoms with Gasteiger partial charge in [-0.15, -0.1) is 0 Å². The van der Waals surface area contributed by atoms with Gasteiger partial charge in [-0.2, -0.15) is 0 Å². The molecule has 1 aromatic heterocycles. The minimum Gasteiger partial charge on any atom is -0.378 e. The molecule has 4 heteroatoms. The van der Waals surface area contributed by atoms with E-state index in [9.17, 15) is 4.79 Å². The van der Waals surface area contributed by atoms with Crippen LogP contribution in [-0.2, 0) is 22.5 Å². The second kappa shape index (κ2) is 4.78. The molecule has 1 aliphatic rings. The van der Waals surface area contributed by atoms with E-state index in [0.29, 0.717) is 13.0 Å². The zero-order chi connectivity index (χ0) is 11.5. The highest BCUT2D eigenvalue weighted by Gasteiger charge is 2.30. The van der Waals surface area contributed by atoms with Gasteiger partial charge < -0.3 is 9.30 Å². The average molecular weight is 222 g/mol. The quantitative estimate of drug-likeness (QED) is 0.774. The van der Waals surface area contributed by atoms with Gasteiger partial charge in [-0.25, -0.2) is 4.98 Å². The Hall–Kier alpha value is -1.16. The fourth-order valence-electron chi connectivity index (χ4n) is 2.24. The van der Waals surface area contributed by atoms with Gasteiger partial charge >= 0.3 is 0 Å². The summed E-state index contributed by atoms with van der Waals surface area (Å²) in [6.07, 6.45) is 5.02. The summed E-state index contributed by atoms with van der Waals surface area (Å²) in [5.41, 5.74) is 0. The summed E-state index contributed by atoms with van der Waals surface area (Å²) in [6, 6.07) is 0. The number of ketones is 1. The monoisotopic (exact) mass is 222 g/mol. The van der Waals surface area contributed by atoms with E-state index in [1.807, 2.05) is 17.7 Å². The number of imidazole rings is 1. The van der Waals surface area contributed by atoms with Crippen LogP contribution in [0.4, 0.5) is 0 Å². The van der Waals surface area contributed by atoms with Gasteiger partial charge in [0, 0.05) is 31.5 Å². The molecule has 0 radical (unpaired) electrons. The predicted octanol–water partition coefficient (Wildman–Crippen LogP) is 1.44. The molecular weight excluding hydrogens is 204 g/mol. The third-order valence-corrected chi connectivity index (χ3v) is 3.26. The number of aromatic nitrogens is 2. The fraction of sp³-hybridized carbons (Fsp3) is 0.667. The summed E-state index contributed by atoms with van der Waals surface area (Å²) in [5.74, 6) is 1.18. The molecule has 0 spiro atoms. The van der Waals surface area contributed by atoms with Gasteiger partial charge in [-0.3, -0.25) is 4.79 Å². The SMILES string of the molecule is CCn1ccnc1CC(=O)C1CCOC1C. The van der Waals surface area contributed by atoms with Crippen molar-refractivity contribution in [2.45, 2.75) is 39.3 Å². The lowest BCUT2D eigenvalue weighted by Crippen LogP contribution is -2.24. The van der Waals surface area contributed by atoms with Crippen molar-refractivity contribution in [3.05, 3.63) is 18.2 Å². The molecule has 0 amide bonds. The number of carbonyl (C=O) groups is 1. The lowest BCUT2D eigenvalue weighted by atomic mass is 9.95. The number of hydrogen-bond donors (Lipinski definition) is 0. The molecule has 16 heavy (non-hydrogen) atoms. The second-order valence-corrected chi connectivity index (χ2v) is 4.24. The van der Waals surface area contributed by atoms with E-state index >= 15 is 0 Å². The molecule has 2 heterocycles. The number of Topliss-reactive ketones (excluding diaryl/α,β-unsaturated/α-hetero) is 1. The fourth-order valence-corrected chi connectivity index (χ4v) is 2.24. The minimum absolute atomic E-state index is 0.0574. The van der Waals surface area contributed by atoms with Crippen molar-refractivity contribution in [1.82, 2.24) is 9.55 Å². The number of ether oxygens (including phenoxy) is 1. The van der Waals surface area contributed by atoms with Gasteiger partial charge in [0.05, 0.1) is 12.5 Å². The molecule has 2 unspecified atom stereocenters. The van der Waals surface area contributed by atoms with Crippen molar-refractivity contribution >= 4 is 5.78 Å². The topological polar surface area (TPSA) is 44.1 Å². The molecule has 0 saturated carbocycles. The van der Waals surface area contributed by atoms with Gasteiger partial charge in [-0.05, 0) is 20.3 Å². The molecule has 0 aliphatic carbocycles. The zero-order valence-electron chi connectivity index (χ0n) is 9.85. The van der Waals surface area contributed by atoms with Crippen LogP contribution in [0.1, 0.15) is 26.1 Å². The lowest BCUT2D eigenvalue weighted by Gasteiger charge is -2.12. The summed E-state index contributed by atoms with van der Waals surface area (Å²) in [7, 11) is 0. The molecule has 1 saturated heterocycles. The average Bonchev–Trinajstić information content (AvgIpc) is 2.86. The number of rotatable bonds is 4. The van der Waals surface area contributed by atoms with Crippen LogP contribution >= 0.6 is 0 Å². The van der Waals surface area contributed by atoms with Crippen LogP contribution < -0.4 is 0 Å². The van der Waals surface area contributed by atoms with Crippen molar-refractivity contribution in [3.8, 4) is 0 Å². The zero-order valence-corrected chi connectivity index (χ0v) is 9.85. The summed E-state index contributed by atoms with van der Waals surface area (Å²) < 4.78 is 7.43. The normalized spacial score (nSPS) is 24.9. The maximum Gasteiger partial charge on any atom is 0.146 e. The molecule has 1 aromatic rings. The van der Waals surface area contributed by atoms with Gasteiger partial charge in [0.25, 0.3) is 0 Å². The van der Waals surface area contributed by atoms with Crippen molar-refractivity contribution in [1.29, 1.82) is 0 Å². The maximum atomic E-state index is 12.1. The van der Waals surface area contributed by atoms with E-state index < -0.39 is 0 Å². The highest BCUT2D eigenvalue weighted by molar-refractivity contribution is 5.83. The Kier molecular flexibility index (Phi) is 3.39. The van der Waals surface area contributed by atoms with Crippen LogP contribution in [-0.4, -0.2) is 28.0 Å². The Bertz CT molecular complexity index is 373. The van der Waals surface area contributed by atoms with Crippen LogP contribution in [0.2, 0.25) is 0 Å². The van der Waals surface area contributed by atoms with Crippen LogP contribution in [0.15, 0.2) is 12.4 Å². The molecule has 0 N–H and O–H groups in total. The first-order valence-electron chi connectivity index (χ1n) is 5.86. The van der Waals surface area contributed by atoms with E-state index in [0.717, 1.165) is 18.8 Å². The Morgan fingerprint density at radius 3 is 3.12 bits per heavy atom. The lowest BCUT2D eigenvalue weighted by molar-refractivity contribution is -0.123. The summed E-state index contributed by atoms with van der Waals surface area (Å²) in [4.78, 5) is 16.3. The second-order valence-electron chi connectivity index (χ2n) is 4.24. The molecular formula is C12H18N2O2. The molecule has 2 rings (SSSR count). The summed E-state index contributed by atoms with van der Waals surface area (Å²) in [5, 5.41) is 0.